The van der Waals surface area contributed by atoms with Crippen molar-refractivity contribution in [3.05, 3.63) is 187 Å². The highest BCUT2D eigenvalue weighted by atomic mass is 32.1. The molecule has 9 aromatic carbocycles. The molecule has 0 unspecified atom stereocenters. The summed E-state index contributed by atoms with van der Waals surface area (Å²) in [6, 6.07) is 65.6. The third kappa shape index (κ3) is 6.95. The largest absolute Gasteiger partial charge is 0.310 e. The highest BCUT2D eigenvalue weighted by Gasteiger charge is 2.46. The Hall–Kier alpha value is -6.66. The molecule has 336 valence electrons. The lowest BCUT2D eigenvalue weighted by Crippen LogP contribution is -2.59. The number of aryl methyl sites for hydroxylation is 3. The Morgan fingerprint density at radius 2 is 0.812 bits per heavy atom. The maximum absolute atomic E-state index is 2.63. The minimum absolute atomic E-state index is 0.119. The van der Waals surface area contributed by atoms with Gasteiger partial charge in [-0.05, 0) is 171 Å². The summed E-state index contributed by atoms with van der Waals surface area (Å²) in [7, 11) is 0. The van der Waals surface area contributed by atoms with E-state index < -0.39 is 0 Å². The molecular formula is C64H55BN2S2. The van der Waals surface area contributed by atoms with Crippen LogP contribution in [0, 0.1) is 0 Å². The van der Waals surface area contributed by atoms with Crippen molar-refractivity contribution in [2.75, 3.05) is 9.80 Å². The van der Waals surface area contributed by atoms with Gasteiger partial charge in [-0.3, -0.25) is 0 Å². The zero-order valence-electron chi connectivity index (χ0n) is 39.8. The summed E-state index contributed by atoms with van der Waals surface area (Å²) in [6.45, 7) is 7.01. The van der Waals surface area contributed by atoms with Gasteiger partial charge >= 0.3 is 0 Å². The van der Waals surface area contributed by atoms with Gasteiger partial charge in [-0.2, -0.15) is 0 Å². The van der Waals surface area contributed by atoms with Gasteiger partial charge in [-0.25, -0.2) is 0 Å². The van der Waals surface area contributed by atoms with Crippen LogP contribution in [0.25, 0.3) is 63.6 Å². The molecule has 5 heteroatoms. The molecule has 0 saturated heterocycles. The predicted molar refractivity (Wildman–Crippen MR) is 305 cm³/mol. The van der Waals surface area contributed by atoms with Crippen molar-refractivity contribution in [3.8, 4) is 11.1 Å². The summed E-state index contributed by atoms with van der Waals surface area (Å²) >= 11 is 4.03. The average Bonchev–Trinajstić information content (AvgIpc) is 3.97. The zero-order chi connectivity index (χ0) is 46.2. The Morgan fingerprint density at radius 3 is 1.32 bits per heavy atom. The third-order valence-electron chi connectivity index (χ3n) is 15.2. The summed E-state index contributed by atoms with van der Waals surface area (Å²) < 4.78 is 5.64. The first-order valence-electron chi connectivity index (χ1n) is 25.5. The summed E-state index contributed by atoms with van der Waals surface area (Å²) in [5.74, 6) is 0. The summed E-state index contributed by atoms with van der Waals surface area (Å²) in [5, 5.41) is 10.6. The predicted octanol–water partition coefficient (Wildman–Crippen LogP) is 17.4. The van der Waals surface area contributed by atoms with Gasteiger partial charge in [0.25, 0.3) is 6.71 Å². The molecule has 0 spiro atoms. The second-order valence-electron chi connectivity index (χ2n) is 19.5. The van der Waals surface area contributed by atoms with E-state index >= 15 is 0 Å². The monoisotopic (exact) mass is 926 g/mol. The number of unbranched alkanes of at least 4 members (excludes halogenated alkanes) is 3. The quantitative estimate of drug-likeness (QED) is 0.0890. The van der Waals surface area contributed by atoms with Crippen LogP contribution < -0.4 is 24.8 Å². The molecule has 0 bridgehead atoms. The third-order valence-corrected chi connectivity index (χ3v) is 17.6. The van der Waals surface area contributed by atoms with Gasteiger partial charge in [-0.1, -0.05) is 143 Å². The molecule has 11 aromatic rings. The van der Waals surface area contributed by atoms with Gasteiger partial charge in [0.1, 0.15) is 0 Å². The zero-order valence-corrected chi connectivity index (χ0v) is 41.5. The van der Waals surface area contributed by atoms with Crippen LogP contribution in [0.4, 0.5) is 34.1 Å². The molecule has 13 rings (SSSR count). The lowest BCUT2D eigenvalue weighted by molar-refractivity contribution is 0.795. The fourth-order valence-corrected chi connectivity index (χ4v) is 14.3. The number of hydrogen-bond acceptors (Lipinski definition) is 4. The van der Waals surface area contributed by atoms with Crippen LogP contribution in [-0.2, 0) is 19.3 Å². The molecule has 0 fully saturated rings. The molecule has 0 saturated carbocycles. The fourth-order valence-electron chi connectivity index (χ4n) is 11.7. The first-order chi connectivity index (χ1) is 34.1. The minimum atomic E-state index is 0.119. The normalized spacial score (nSPS) is 13.0. The Kier molecular flexibility index (Phi) is 10.7. The molecule has 0 amide bonds. The Labute approximate surface area is 414 Å². The van der Waals surface area contributed by atoms with E-state index in [1.807, 2.05) is 22.7 Å². The first-order valence-corrected chi connectivity index (χ1v) is 27.1. The standard InChI is InChI=1S/C64H55BN2S2/c1-4-7-15-41-24-31-46(32-25-41)66-56-22-14-23-57-60(56)65(63-61(66)54-38-42(16-8-5-2)26-36-58(54)68-63)64-62(55-39-43(17-9-6-3)27-37-59(55)69-64)67(57)47-33-28-44(29-34-47)45-30-35-52-50-20-11-10-18-48(50)49-19-12-13-21-51(49)53(52)40-45/h10-14,18-40H,4-9,15-17H2,1-3H3. The number of hydrogen-bond donors (Lipinski definition) is 0. The minimum Gasteiger partial charge on any atom is -0.310 e. The van der Waals surface area contributed by atoms with Gasteiger partial charge in [0.15, 0.2) is 0 Å². The van der Waals surface area contributed by atoms with Gasteiger partial charge in [0.2, 0.25) is 0 Å². The van der Waals surface area contributed by atoms with Crippen LogP contribution in [0.2, 0.25) is 0 Å². The summed E-state index contributed by atoms with van der Waals surface area (Å²) in [6.07, 6.45) is 10.5. The molecule has 0 atom stereocenters. The SMILES string of the molecule is CCCCc1ccc(N2c3cccc4c3B(c3sc5ccc(CCCC)cc5c32)c2sc3ccc(CCCC)cc3c2N4c2ccc(-c3ccc4c5ccccc5c5ccccc5c4c3)cc2)cc1. The van der Waals surface area contributed by atoms with Crippen LogP contribution in [-0.4, -0.2) is 6.71 Å². The Morgan fingerprint density at radius 1 is 0.377 bits per heavy atom. The highest BCUT2D eigenvalue weighted by Crippen LogP contribution is 2.51. The van der Waals surface area contributed by atoms with Gasteiger partial charge in [0.05, 0.1) is 11.4 Å². The van der Waals surface area contributed by atoms with E-state index in [4.69, 9.17) is 0 Å². The lowest BCUT2D eigenvalue weighted by Gasteiger charge is -2.42. The number of thiophene rings is 2. The van der Waals surface area contributed by atoms with Crippen molar-refractivity contribution < 1.29 is 0 Å². The summed E-state index contributed by atoms with van der Waals surface area (Å²) in [5.41, 5.74) is 15.8. The summed E-state index contributed by atoms with van der Waals surface area (Å²) in [4.78, 5) is 5.26. The highest BCUT2D eigenvalue weighted by molar-refractivity contribution is 7.40. The molecule has 2 aliphatic heterocycles. The van der Waals surface area contributed by atoms with Crippen LogP contribution >= 0.6 is 22.7 Å². The molecule has 0 aliphatic carbocycles. The number of rotatable bonds is 12. The number of nitrogens with zero attached hydrogens (tertiary/aromatic N) is 2. The maximum Gasteiger partial charge on any atom is 0.277 e. The molecular weight excluding hydrogens is 872 g/mol. The van der Waals surface area contributed by atoms with E-state index in [0.717, 1.165) is 19.3 Å². The van der Waals surface area contributed by atoms with Crippen molar-refractivity contribution in [1.29, 1.82) is 0 Å². The van der Waals surface area contributed by atoms with Crippen molar-refractivity contribution in [3.63, 3.8) is 0 Å². The molecule has 2 aromatic heterocycles. The average molecular weight is 927 g/mol. The van der Waals surface area contributed by atoms with Gasteiger partial charge in [0, 0.05) is 52.5 Å². The number of anilines is 6. The van der Waals surface area contributed by atoms with E-state index in [2.05, 4.69) is 200 Å². The van der Waals surface area contributed by atoms with Crippen LogP contribution in [0.3, 0.4) is 0 Å². The lowest BCUT2D eigenvalue weighted by atomic mass is 9.39. The fraction of sp³-hybridized carbons (Fsp3) is 0.188. The van der Waals surface area contributed by atoms with Crippen molar-refractivity contribution in [2.24, 2.45) is 0 Å². The molecule has 69 heavy (non-hydrogen) atoms. The Bertz CT molecular complexity index is 3730. The molecule has 0 radical (unpaired) electrons. The van der Waals surface area contributed by atoms with Crippen molar-refractivity contribution in [2.45, 2.75) is 78.6 Å². The second-order valence-corrected chi connectivity index (χ2v) is 21.6. The van der Waals surface area contributed by atoms with Gasteiger partial charge < -0.3 is 9.80 Å². The van der Waals surface area contributed by atoms with Crippen LogP contribution in [0.1, 0.15) is 76.0 Å². The molecule has 0 N–H and O–H groups in total. The first kappa shape index (κ1) is 42.4. The smallest absolute Gasteiger partial charge is 0.277 e. The molecule has 4 heterocycles. The van der Waals surface area contributed by atoms with Crippen LogP contribution in [0.15, 0.2) is 170 Å². The maximum atomic E-state index is 2.63. The van der Waals surface area contributed by atoms with E-state index in [1.165, 1.54) is 168 Å². The number of benzene rings is 9. The second kappa shape index (κ2) is 17.4. The Balaban J connectivity index is 1.01. The van der Waals surface area contributed by atoms with Crippen LogP contribution in [0.5, 0.6) is 0 Å². The van der Waals surface area contributed by atoms with Gasteiger partial charge in [-0.15, -0.1) is 22.7 Å². The van der Waals surface area contributed by atoms with Crippen molar-refractivity contribution >= 4 is 131 Å². The topological polar surface area (TPSA) is 6.48 Å². The van der Waals surface area contributed by atoms with E-state index in [1.54, 1.807) is 0 Å². The molecule has 2 aliphatic rings. The van der Waals surface area contributed by atoms with Crippen molar-refractivity contribution in [1.82, 2.24) is 0 Å². The molecule has 2 nitrogen and oxygen atoms in total. The van der Waals surface area contributed by atoms with E-state index in [-0.39, 0.29) is 6.71 Å². The van der Waals surface area contributed by atoms with E-state index in [0.29, 0.717) is 0 Å². The number of fused-ring (bicyclic) bond motifs is 14. The van der Waals surface area contributed by atoms with E-state index in [9.17, 15) is 0 Å².